The van der Waals surface area contributed by atoms with Gasteiger partial charge in [0.05, 0.1) is 0 Å². The van der Waals surface area contributed by atoms with Gasteiger partial charge < -0.3 is 10.2 Å². The van der Waals surface area contributed by atoms with Gasteiger partial charge in [-0.05, 0) is 37.9 Å². The van der Waals surface area contributed by atoms with Gasteiger partial charge in [-0.2, -0.15) is 0 Å². The fourth-order valence-electron chi connectivity index (χ4n) is 2.14. The van der Waals surface area contributed by atoms with Crippen LogP contribution in [0.2, 0.25) is 0 Å². The number of nitrogens with one attached hydrogen (secondary N) is 1. The molecule has 1 saturated heterocycles. The van der Waals surface area contributed by atoms with Crippen LogP contribution in [-0.2, 0) is 0 Å². The van der Waals surface area contributed by atoms with Crippen molar-refractivity contribution in [3.63, 3.8) is 0 Å². The molecule has 1 heterocycles. The topological polar surface area (TPSA) is 15.3 Å². The van der Waals surface area contributed by atoms with Crippen LogP contribution in [0.3, 0.4) is 0 Å². The Balaban J connectivity index is 2.22. The van der Waals surface area contributed by atoms with Crippen molar-refractivity contribution in [1.29, 1.82) is 0 Å². The van der Waals surface area contributed by atoms with Crippen LogP contribution >= 0.6 is 0 Å². The summed E-state index contributed by atoms with van der Waals surface area (Å²) in [6, 6.07) is 0. The highest BCUT2D eigenvalue weighted by Gasteiger charge is 2.17. The average molecular weight is 198 g/mol. The molecule has 0 saturated carbocycles. The van der Waals surface area contributed by atoms with E-state index in [4.69, 9.17) is 0 Å². The van der Waals surface area contributed by atoms with Gasteiger partial charge in [-0.25, -0.2) is 0 Å². The van der Waals surface area contributed by atoms with Gasteiger partial charge >= 0.3 is 0 Å². The summed E-state index contributed by atoms with van der Waals surface area (Å²) in [4.78, 5) is 2.62. The molecule has 1 aliphatic heterocycles. The van der Waals surface area contributed by atoms with Crippen LogP contribution in [0.1, 0.15) is 33.6 Å². The summed E-state index contributed by atoms with van der Waals surface area (Å²) >= 11 is 0. The van der Waals surface area contributed by atoms with Crippen molar-refractivity contribution in [2.45, 2.75) is 33.6 Å². The molecule has 1 rings (SSSR count). The molecule has 0 spiro atoms. The van der Waals surface area contributed by atoms with E-state index in [0.29, 0.717) is 0 Å². The van der Waals surface area contributed by atoms with E-state index in [-0.39, 0.29) is 0 Å². The number of nitrogens with zero attached hydrogens (tertiary/aromatic N) is 1. The Morgan fingerprint density at radius 1 is 1.43 bits per heavy atom. The molecule has 0 aromatic rings. The molecule has 0 radical (unpaired) electrons. The Bertz CT molecular complexity index is 141. The summed E-state index contributed by atoms with van der Waals surface area (Å²) in [7, 11) is 0. The highest BCUT2D eigenvalue weighted by molar-refractivity contribution is 4.75. The first-order chi connectivity index (χ1) is 6.76. The van der Waals surface area contributed by atoms with E-state index in [1.165, 1.54) is 45.6 Å². The Morgan fingerprint density at radius 2 is 2.21 bits per heavy atom. The maximum atomic E-state index is 3.44. The van der Waals surface area contributed by atoms with Crippen molar-refractivity contribution in [3.05, 3.63) is 0 Å². The van der Waals surface area contributed by atoms with Crippen molar-refractivity contribution >= 4 is 0 Å². The Labute approximate surface area is 89.1 Å². The highest BCUT2D eigenvalue weighted by atomic mass is 15.1. The second kappa shape index (κ2) is 6.41. The largest absolute Gasteiger partial charge is 0.316 e. The van der Waals surface area contributed by atoms with Gasteiger partial charge in [-0.3, -0.25) is 0 Å². The predicted molar refractivity (Wildman–Crippen MR) is 62.5 cm³/mol. The molecule has 2 heteroatoms. The third kappa shape index (κ3) is 3.97. The maximum absolute atomic E-state index is 3.44. The first kappa shape index (κ1) is 12.0. The minimum Gasteiger partial charge on any atom is -0.316 e. The summed E-state index contributed by atoms with van der Waals surface area (Å²) in [5, 5.41) is 3.44. The maximum Gasteiger partial charge on any atom is 0.00223 e. The molecule has 2 atom stereocenters. The van der Waals surface area contributed by atoms with Crippen LogP contribution in [0, 0.1) is 11.8 Å². The van der Waals surface area contributed by atoms with E-state index in [2.05, 4.69) is 31.0 Å². The molecule has 1 aliphatic rings. The lowest BCUT2D eigenvalue weighted by Gasteiger charge is -2.26. The van der Waals surface area contributed by atoms with Crippen LogP contribution in [0.15, 0.2) is 0 Å². The highest BCUT2D eigenvalue weighted by Crippen LogP contribution is 2.12. The third-order valence-electron chi connectivity index (χ3n) is 3.39. The molecule has 2 unspecified atom stereocenters. The van der Waals surface area contributed by atoms with Crippen molar-refractivity contribution in [2.24, 2.45) is 11.8 Å². The zero-order valence-corrected chi connectivity index (χ0v) is 10.1. The quantitative estimate of drug-likeness (QED) is 0.702. The van der Waals surface area contributed by atoms with Crippen LogP contribution < -0.4 is 5.32 Å². The van der Waals surface area contributed by atoms with Crippen molar-refractivity contribution in [2.75, 3.05) is 32.7 Å². The molecule has 0 aromatic carbocycles. The van der Waals surface area contributed by atoms with Crippen LogP contribution in [0.4, 0.5) is 0 Å². The fourth-order valence-corrected chi connectivity index (χ4v) is 2.14. The van der Waals surface area contributed by atoms with Crippen molar-refractivity contribution in [3.8, 4) is 0 Å². The van der Waals surface area contributed by atoms with Crippen molar-refractivity contribution in [1.82, 2.24) is 10.2 Å². The Morgan fingerprint density at radius 3 is 2.71 bits per heavy atom. The van der Waals surface area contributed by atoms with Gasteiger partial charge in [0.2, 0.25) is 0 Å². The lowest BCUT2D eigenvalue weighted by molar-refractivity contribution is 0.215. The summed E-state index contributed by atoms with van der Waals surface area (Å²) < 4.78 is 0. The van der Waals surface area contributed by atoms with Gasteiger partial charge in [0.1, 0.15) is 0 Å². The number of hydrogen-bond donors (Lipinski definition) is 1. The monoisotopic (exact) mass is 198 g/mol. The van der Waals surface area contributed by atoms with Crippen LogP contribution in [-0.4, -0.2) is 37.6 Å². The molecule has 84 valence electrons. The molecule has 0 aliphatic carbocycles. The summed E-state index contributed by atoms with van der Waals surface area (Å²) in [5.74, 6) is 1.75. The molecule has 14 heavy (non-hydrogen) atoms. The molecule has 2 nitrogen and oxygen atoms in total. The molecular formula is C12H26N2. The van der Waals surface area contributed by atoms with E-state index in [9.17, 15) is 0 Å². The molecule has 1 N–H and O–H groups in total. The second-order valence-electron chi connectivity index (χ2n) is 4.72. The Kier molecular flexibility index (Phi) is 5.49. The molecule has 0 aromatic heterocycles. The average Bonchev–Trinajstić information content (AvgIpc) is 2.69. The zero-order chi connectivity index (χ0) is 10.4. The molecular weight excluding hydrogens is 172 g/mol. The minimum atomic E-state index is 0.851. The molecule has 0 bridgehead atoms. The molecule has 1 fully saturated rings. The second-order valence-corrected chi connectivity index (χ2v) is 4.72. The van der Waals surface area contributed by atoms with Gasteiger partial charge in [0, 0.05) is 13.1 Å². The first-order valence-corrected chi connectivity index (χ1v) is 6.19. The van der Waals surface area contributed by atoms with Gasteiger partial charge in [0.25, 0.3) is 0 Å². The SMILES string of the molecule is CCC(C)CN(CC)CC1CCNC1. The number of hydrogen-bond acceptors (Lipinski definition) is 2. The van der Waals surface area contributed by atoms with E-state index in [1.54, 1.807) is 0 Å². The fraction of sp³-hybridized carbons (Fsp3) is 1.00. The van der Waals surface area contributed by atoms with Gasteiger partial charge in [-0.1, -0.05) is 27.2 Å². The lowest BCUT2D eigenvalue weighted by Crippen LogP contribution is -2.33. The zero-order valence-electron chi connectivity index (χ0n) is 10.1. The summed E-state index contributed by atoms with van der Waals surface area (Å²) in [6.45, 7) is 13.2. The van der Waals surface area contributed by atoms with E-state index < -0.39 is 0 Å². The van der Waals surface area contributed by atoms with E-state index in [0.717, 1.165) is 11.8 Å². The summed E-state index contributed by atoms with van der Waals surface area (Å²) in [6.07, 6.45) is 2.68. The summed E-state index contributed by atoms with van der Waals surface area (Å²) in [5.41, 5.74) is 0. The third-order valence-corrected chi connectivity index (χ3v) is 3.39. The normalized spacial score (nSPS) is 24.4. The standard InChI is InChI=1S/C12H26N2/c1-4-11(3)9-14(5-2)10-12-6-7-13-8-12/h11-13H,4-10H2,1-3H3. The first-order valence-electron chi connectivity index (χ1n) is 6.19. The lowest BCUT2D eigenvalue weighted by atomic mass is 10.1. The van der Waals surface area contributed by atoms with E-state index in [1.807, 2.05) is 0 Å². The predicted octanol–water partition coefficient (Wildman–Crippen LogP) is 1.96. The minimum absolute atomic E-state index is 0.851. The Hall–Kier alpha value is -0.0800. The number of rotatable bonds is 6. The smallest absolute Gasteiger partial charge is 0.00223 e. The van der Waals surface area contributed by atoms with Gasteiger partial charge in [0.15, 0.2) is 0 Å². The van der Waals surface area contributed by atoms with Gasteiger partial charge in [-0.15, -0.1) is 0 Å². The van der Waals surface area contributed by atoms with Crippen molar-refractivity contribution < 1.29 is 0 Å². The molecule has 0 amide bonds. The van der Waals surface area contributed by atoms with Crippen LogP contribution in [0.5, 0.6) is 0 Å². The van der Waals surface area contributed by atoms with Crippen LogP contribution in [0.25, 0.3) is 0 Å². The van der Waals surface area contributed by atoms with E-state index >= 15 is 0 Å².